The first-order valence-electron chi connectivity index (χ1n) is 7.38. The molecule has 0 saturated heterocycles. The number of hydrogen-bond donors (Lipinski definition) is 3. The highest BCUT2D eigenvalue weighted by Crippen LogP contribution is 1.76. The zero-order valence-electron chi connectivity index (χ0n) is 13.8. The van der Waals surface area contributed by atoms with Crippen molar-refractivity contribution in [1.82, 2.24) is 0 Å². The van der Waals surface area contributed by atoms with E-state index in [1.165, 1.54) is 0 Å². The van der Waals surface area contributed by atoms with Crippen LogP contribution in [0.4, 0.5) is 0 Å². The Kier molecular flexibility index (Phi) is 39.0. The molecule has 7 heteroatoms. The first kappa shape index (κ1) is 25.7. The molecule has 0 unspecified atom stereocenters. The summed E-state index contributed by atoms with van der Waals surface area (Å²) in [5, 5.41) is 24.4. The summed E-state index contributed by atoms with van der Waals surface area (Å²) in [4.78, 5) is 0. The average Bonchev–Trinajstić information content (AvgIpc) is 2.50. The van der Waals surface area contributed by atoms with Crippen LogP contribution in [0.1, 0.15) is 20.8 Å². The van der Waals surface area contributed by atoms with Crippen molar-refractivity contribution in [2.24, 2.45) is 0 Å². The van der Waals surface area contributed by atoms with Crippen LogP contribution in [-0.2, 0) is 18.9 Å². The van der Waals surface area contributed by atoms with E-state index in [-0.39, 0.29) is 19.8 Å². The Labute approximate surface area is 128 Å². The van der Waals surface area contributed by atoms with Gasteiger partial charge in [-0.25, -0.2) is 0 Å². The molecule has 0 aromatic carbocycles. The molecular formula is C14H34O7. The predicted octanol–water partition coefficient (Wildman–Crippen LogP) is 0.0622. The first-order chi connectivity index (χ1) is 10.2. The molecule has 21 heavy (non-hydrogen) atoms. The molecule has 0 spiro atoms. The van der Waals surface area contributed by atoms with Gasteiger partial charge in [-0.1, -0.05) is 0 Å². The van der Waals surface area contributed by atoms with Crippen LogP contribution in [0, 0.1) is 0 Å². The molecular weight excluding hydrogens is 280 g/mol. The second-order valence-electron chi connectivity index (χ2n) is 3.37. The molecule has 132 valence electrons. The molecule has 3 N–H and O–H groups in total. The predicted molar refractivity (Wildman–Crippen MR) is 81.6 cm³/mol. The third-order valence-corrected chi connectivity index (χ3v) is 1.69. The van der Waals surface area contributed by atoms with E-state index in [0.29, 0.717) is 33.0 Å². The summed E-state index contributed by atoms with van der Waals surface area (Å²) in [6.45, 7) is 10.7. The summed E-state index contributed by atoms with van der Waals surface area (Å²) in [6, 6.07) is 0. The maximum atomic E-state index is 8.26. The minimum atomic E-state index is 0.0278. The van der Waals surface area contributed by atoms with Gasteiger partial charge in [0.05, 0.1) is 52.9 Å². The van der Waals surface area contributed by atoms with E-state index < -0.39 is 0 Å². The Morgan fingerprint density at radius 2 is 0.810 bits per heavy atom. The van der Waals surface area contributed by atoms with Gasteiger partial charge in [-0.2, -0.15) is 0 Å². The standard InChI is InChI=1S/C6H14O3.C4H10O3.C4H10O/c1-2-8-5-6-9-4-3-7;5-1-3-7-4-2-6;1-3-5-4-2/h7H,2-6H2,1H3;5-6H,1-4H2;3-4H2,1-2H3. The second-order valence-corrected chi connectivity index (χ2v) is 3.37. The minimum Gasteiger partial charge on any atom is -0.394 e. The molecule has 0 bridgehead atoms. The molecule has 0 amide bonds. The lowest BCUT2D eigenvalue weighted by atomic mass is 10.7. The lowest BCUT2D eigenvalue weighted by Crippen LogP contribution is -2.06. The third-order valence-electron chi connectivity index (χ3n) is 1.69. The van der Waals surface area contributed by atoms with Gasteiger partial charge in [0.25, 0.3) is 0 Å². The van der Waals surface area contributed by atoms with E-state index in [1.54, 1.807) is 0 Å². The summed E-state index contributed by atoms with van der Waals surface area (Å²) < 4.78 is 19.3. The normalized spacial score (nSPS) is 9.43. The van der Waals surface area contributed by atoms with Crippen molar-refractivity contribution < 1.29 is 34.3 Å². The van der Waals surface area contributed by atoms with Crippen LogP contribution in [0.5, 0.6) is 0 Å². The molecule has 0 saturated carbocycles. The second kappa shape index (κ2) is 31.9. The fraction of sp³-hybridized carbons (Fsp3) is 1.00. The zero-order chi connectivity index (χ0) is 16.6. The van der Waals surface area contributed by atoms with Gasteiger partial charge in [0, 0.05) is 19.8 Å². The fourth-order valence-electron chi connectivity index (χ4n) is 0.864. The monoisotopic (exact) mass is 314 g/mol. The molecule has 0 heterocycles. The molecule has 0 aliphatic carbocycles. The molecule has 0 aromatic rings. The molecule has 7 nitrogen and oxygen atoms in total. The van der Waals surface area contributed by atoms with Crippen LogP contribution in [-0.4, -0.2) is 88.0 Å². The van der Waals surface area contributed by atoms with Crippen molar-refractivity contribution in [3.8, 4) is 0 Å². The van der Waals surface area contributed by atoms with Gasteiger partial charge in [0.1, 0.15) is 0 Å². The van der Waals surface area contributed by atoms with Gasteiger partial charge in [0.15, 0.2) is 0 Å². The third kappa shape index (κ3) is 45.1. The highest BCUT2D eigenvalue weighted by atomic mass is 16.5. The van der Waals surface area contributed by atoms with Gasteiger partial charge in [0.2, 0.25) is 0 Å². The Bertz CT molecular complexity index is 124. The van der Waals surface area contributed by atoms with Gasteiger partial charge >= 0.3 is 0 Å². The van der Waals surface area contributed by atoms with Crippen molar-refractivity contribution in [1.29, 1.82) is 0 Å². The van der Waals surface area contributed by atoms with Crippen LogP contribution in [0.2, 0.25) is 0 Å². The Balaban J connectivity index is -0.000000242. The van der Waals surface area contributed by atoms with Gasteiger partial charge in [-0.15, -0.1) is 0 Å². The lowest BCUT2D eigenvalue weighted by Gasteiger charge is -2.00. The molecule has 0 radical (unpaired) electrons. The van der Waals surface area contributed by atoms with Gasteiger partial charge in [-0.05, 0) is 20.8 Å². The van der Waals surface area contributed by atoms with Crippen molar-refractivity contribution in [3.05, 3.63) is 0 Å². The molecule has 0 aliphatic rings. The number of ether oxygens (including phenoxy) is 4. The molecule has 0 fully saturated rings. The Morgan fingerprint density at radius 1 is 0.476 bits per heavy atom. The van der Waals surface area contributed by atoms with Gasteiger partial charge < -0.3 is 34.3 Å². The largest absolute Gasteiger partial charge is 0.394 e. The van der Waals surface area contributed by atoms with Crippen LogP contribution < -0.4 is 0 Å². The fourth-order valence-corrected chi connectivity index (χ4v) is 0.864. The van der Waals surface area contributed by atoms with E-state index in [4.69, 9.17) is 29.5 Å². The summed E-state index contributed by atoms with van der Waals surface area (Å²) in [5.74, 6) is 0. The Hall–Kier alpha value is -0.280. The van der Waals surface area contributed by atoms with Crippen molar-refractivity contribution in [3.63, 3.8) is 0 Å². The lowest BCUT2D eigenvalue weighted by molar-refractivity contribution is 0.0370. The maximum absolute atomic E-state index is 8.26. The van der Waals surface area contributed by atoms with Crippen molar-refractivity contribution in [2.75, 3.05) is 72.7 Å². The summed E-state index contributed by atoms with van der Waals surface area (Å²) in [7, 11) is 0. The SMILES string of the molecule is CCOCC.CCOCCOCCO.OCCOCCO. The van der Waals surface area contributed by atoms with Crippen molar-refractivity contribution >= 4 is 0 Å². The molecule has 0 aliphatic heterocycles. The molecule has 0 aromatic heterocycles. The smallest absolute Gasteiger partial charge is 0.0701 e. The topological polar surface area (TPSA) is 97.6 Å². The minimum absolute atomic E-state index is 0.0278. The molecule has 0 rings (SSSR count). The summed E-state index contributed by atoms with van der Waals surface area (Å²) in [6.07, 6.45) is 0. The van der Waals surface area contributed by atoms with Crippen molar-refractivity contribution in [2.45, 2.75) is 20.8 Å². The average molecular weight is 314 g/mol. The highest BCUT2D eigenvalue weighted by molar-refractivity contribution is 4.28. The number of aliphatic hydroxyl groups is 3. The molecule has 0 atom stereocenters. The number of rotatable bonds is 12. The van der Waals surface area contributed by atoms with Crippen LogP contribution in [0.3, 0.4) is 0 Å². The van der Waals surface area contributed by atoms with E-state index in [0.717, 1.165) is 19.8 Å². The van der Waals surface area contributed by atoms with E-state index in [1.807, 2.05) is 20.8 Å². The number of hydrogen-bond acceptors (Lipinski definition) is 7. The maximum Gasteiger partial charge on any atom is 0.0701 e. The van der Waals surface area contributed by atoms with E-state index in [2.05, 4.69) is 4.74 Å². The Morgan fingerprint density at radius 3 is 1.10 bits per heavy atom. The zero-order valence-corrected chi connectivity index (χ0v) is 13.8. The number of aliphatic hydroxyl groups excluding tert-OH is 3. The highest BCUT2D eigenvalue weighted by Gasteiger charge is 1.84. The van der Waals surface area contributed by atoms with E-state index >= 15 is 0 Å². The first-order valence-corrected chi connectivity index (χ1v) is 7.38. The summed E-state index contributed by atoms with van der Waals surface area (Å²) in [5.41, 5.74) is 0. The van der Waals surface area contributed by atoms with Crippen LogP contribution in [0.25, 0.3) is 0 Å². The van der Waals surface area contributed by atoms with E-state index in [9.17, 15) is 0 Å². The van der Waals surface area contributed by atoms with Crippen LogP contribution >= 0.6 is 0 Å². The quantitative estimate of drug-likeness (QED) is 0.438. The summed E-state index contributed by atoms with van der Waals surface area (Å²) >= 11 is 0. The van der Waals surface area contributed by atoms with Gasteiger partial charge in [-0.3, -0.25) is 0 Å². The van der Waals surface area contributed by atoms with Crippen LogP contribution in [0.15, 0.2) is 0 Å².